The average molecular weight is 553 g/mol. The molecule has 2 bridgehead atoms. The van der Waals surface area contributed by atoms with Crippen molar-refractivity contribution in [1.29, 1.82) is 0 Å². The molecule has 2 saturated carbocycles. The topological polar surface area (TPSA) is 105 Å². The number of rotatable bonds is 7. The minimum Gasteiger partial charge on any atom is -0.504 e. The van der Waals surface area contributed by atoms with E-state index in [9.17, 15) is 32.7 Å². The van der Waals surface area contributed by atoms with Crippen molar-refractivity contribution >= 4 is 23.9 Å². The van der Waals surface area contributed by atoms with Gasteiger partial charge in [-0.3, -0.25) is 9.59 Å². The van der Waals surface area contributed by atoms with E-state index in [4.69, 9.17) is 9.47 Å². The van der Waals surface area contributed by atoms with Gasteiger partial charge in [0.1, 0.15) is 12.1 Å². The molecule has 1 heterocycles. The lowest BCUT2D eigenvalue weighted by Gasteiger charge is -2.39. The zero-order valence-corrected chi connectivity index (χ0v) is 22.5. The standard InChI is InChI=1S/C28H35F3N2O6/c1-26(2)17-11-12-27(26,3)21(15-17)39-25(37)18-6-5-13-33(18)24(36)23(28(29,30)31)32-22(35)10-8-16-7-9-19(34)20(14-16)38-4/h7-10,14,17-18,21,23,34H,5-6,11-13,15H2,1-4H3,(H,32,35)/b10-8+. The number of benzene rings is 1. The highest BCUT2D eigenvalue weighted by molar-refractivity contribution is 5.97. The van der Waals surface area contributed by atoms with Gasteiger partial charge in [-0.25, -0.2) is 4.79 Å². The Morgan fingerprint density at radius 1 is 1.21 bits per heavy atom. The maximum absolute atomic E-state index is 13.9. The Hall–Kier alpha value is -3.24. The number of amides is 2. The smallest absolute Gasteiger partial charge is 0.417 e. The van der Waals surface area contributed by atoms with Gasteiger partial charge in [-0.2, -0.15) is 13.2 Å². The summed E-state index contributed by atoms with van der Waals surface area (Å²) in [7, 11) is 1.33. The molecule has 11 heteroatoms. The number of nitrogens with one attached hydrogen (secondary N) is 1. The molecule has 0 spiro atoms. The summed E-state index contributed by atoms with van der Waals surface area (Å²) in [5, 5.41) is 11.4. The number of hydrogen-bond acceptors (Lipinski definition) is 6. The summed E-state index contributed by atoms with van der Waals surface area (Å²) in [4.78, 5) is 39.5. The molecule has 1 aromatic rings. The van der Waals surface area contributed by atoms with Crippen molar-refractivity contribution in [1.82, 2.24) is 10.2 Å². The molecule has 214 valence electrons. The van der Waals surface area contributed by atoms with Crippen molar-refractivity contribution in [3.63, 3.8) is 0 Å². The Balaban J connectivity index is 1.44. The molecule has 4 rings (SSSR count). The van der Waals surface area contributed by atoms with Gasteiger partial charge in [0.15, 0.2) is 11.5 Å². The summed E-state index contributed by atoms with van der Waals surface area (Å²) in [6, 6.07) is 0.181. The number of phenolic OH excluding ortho intramolecular Hbond substituents is 1. The molecule has 2 aliphatic carbocycles. The second kappa shape index (κ2) is 10.4. The zero-order valence-electron chi connectivity index (χ0n) is 22.5. The van der Waals surface area contributed by atoms with E-state index in [1.54, 1.807) is 5.32 Å². The number of hydrogen-bond donors (Lipinski definition) is 2. The Morgan fingerprint density at radius 3 is 2.51 bits per heavy atom. The van der Waals surface area contributed by atoms with Gasteiger partial charge in [0.2, 0.25) is 11.9 Å². The van der Waals surface area contributed by atoms with Gasteiger partial charge in [-0.15, -0.1) is 0 Å². The van der Waals surface area contributed by atoms with Gasteiger partial charge < -0.3 is 24.8 Å². The fourth-order valence-corrected chi connectivity index (χ4v) is 6.41. The quantitative estimate of drug-likeness (QED) is 0.388. The van der Waals surface area contributed by atoms with Gasteiger partial charge in [-0.05, 0) is 67.2 Å². The summed E-state index contributed by atoms with van der Waals surface area (Å²) >= 11 is 0. The van der Waals surface area contributed by atoms with Crippen LogP contribution in [0.15, 0.2) is 24.3 Å². The number of methoxy groups -OCH3 is 1. The minimum absolute atomic E-state index is 0.0203. The van der Waals surface area contributed by atoms with Gasteiger partial charge in [0.25, 0.3) is 5.91 Å². The van der Waals surface area contributed by atoms with Crippen LogP contribution in [0.5, 0.6) is 11.5 Å². The van der Waals surface area contributed by atoms with Crippen LogP contribution in [0.25, 0.3) is 6.08 Å². The fraction of sp³-hybridized carbons (Fsp3) is 0.607. The molecule has 2 N–H and O–H groups in total. The number of aromatic hydroxyl groups is 1. The first-order chi connectivity index (χ1) is 18.2. The van der Waals surface area contributed by atoms with E-state index in [-0.39, 0.29) is 41.4 Å². The number of likely N-dealkylation sites (tertiary alicyclic amines) is 1. The van der Waals surface area contributed by atoms with Crippen molar-refractivity contribution in [2.24, 2.45) is 16.7 Å². The van der Waals surface area contributed by atoms with Crippen LogP contribution in [-0.2, 0) is 19.1 Å². The number of phenols is 1. The number of esters is 1. The van der Waals surface area contributed by atoms with Crippen molar-refractivity contribution in [3.05, 3.63) is 29.8 Å². The second-order valence-electron chi connectivity index (χ2n) is 11.5. The van der Waals surface area contributed by atoms with Crippen LogP contribution >= 0.6 is 0 Å². The monoisotopic (exact) mass is 552 g/mol. The Kier molecular flexibility index (Phi) is 7.66. The minimum atomic E-state index is -5.08. The van der Waals surface area contributed by atoms with E-state index >= 15 is 0 Å². The van der Waals surface area contributed by atoms with Crippen LogP contribution in [0.1, 0.15) is 58.4 Å². The van der Waals surface area contributed by atoms with E-state index < -0.39 is 36.0 Å². The summed E-state index contributed by atoms with van der Waals surface area (Å²) in [6.45, 7) is 6.37. The molecule has 39 heavy (non-hydrogen) atoms. The molecule has 1 saturated heterocycles. The molecule has 3 aliphatic rings. The lowest BCUT2D eigenvalue weighted by molar-refractivity contribution is -0.181. The largest absolute Gasteiger partial charge is 0.504 e. The maximum atomic E-state index is 13.9. The van der Waals surface area contributed by atoms with Gasteiger partial charge in [0.05, 0.1) is 7.11 Å². The summed E-state index contributed by atoms with van der Waals surface area (Å²) < 4.78 is 52.7. The molecular formula is C28H35F3N2O6. The van der Waals surface area contributed by atoms with E-state index in [1.807, 2.05) is 0 Å². The highest BCUT2D eigenvalue weighted by atomic mass is 19.4. The number of nitrogens with zero attached hydrogens (tertiary/aromatic N) is 1. The third-order valence-electron chi connectivity index (χ3n) is 9.27. The van der Waals surface area contributed by atoms with Crippen LogP contribution in [0.3, 0.4) is 0 Å². The Labute approximate surface area is 225 Å². The number of carbonyl (C=O) groups excluding carboxylic acids is 3. The molecule has 5 atom stereocenters. The normalized spacial score (nSPS) is 28.5. The van der Waals surface area contributed by atoms with E-state index in [0.717, 1.165) is 23.8 Å². The number of ether oxygens (including phenoxy) is 2. The second-order valence-corrected chi connectivity index (χ2v) is 11.5. The number of alkyl halides is 3. The predicted molar refractivity (Wildman–Crippen MR) is 136 cm³/mol. The molecule has 8 nitrogen and oxygen atoms in total. The molecule has 5 unspecified atom stereocenters. The fourth-order valence-electron chi connectivity index (χ4n) is 6.41. The predicted octanol–water partition coefficient (Wildman–Crippen LogP) is 4.21. The first-order valence-corrected chi connectivity index (χ1v) is 13.1. The lowest BCUT2D eigenvalue weighted by Crippen LogP contribution is -2.58. The zero-order chi connectivity index (χ0) is 28.8. The highest BCUT2D eigenvalue weighted by Gasteiger charge is 2.63. The van der Waals surface area contributed by atoms with Gasteiger partial charge in [0, 0.05) is 18.0 Å². The van der Waals surface area contributed by atoms with Crippen LogP contribution in [-0.4, -0.2) is 65.8 Å². The molecular weight excluding hydrogens is 517 g/mol. The Bertz CT molecular complexity index is 1170. The van der Waals surface area contributed by atoms with Crippen molar-refractivity contribution < 1.29 is 42.1 Å². The SMILES string of the molecule is COc1cc(/C=C/C(=O)NC(C(=O)N2CCCC2C(=O)OC2CC3CCC2(C)C3(C)C)C(F)(F)F)ccc1O. The maximum Gasteiger partial charge on any atom is 0.417 e. The molecule has 3 fully saturated rings. The van der Waals surface area contributed by atoms with Crippen molar-refractivity contribution in [2.45, 2.75) is 77.2 Å². The lowest BCUT2D eigenvalue weighted by atomic mass is 9.70. The molecule has 0 radical (unpaired) electrons. The first kappa shape index (κ1) is 28.8. The molecule has 2 amide bonds. The average Bonchev–Trinajstić information content (AvgIpc) is 3.49. The summed E-state index contributed by atoms with van der Waals surface area (Å²) in [6.07, 6.45) is -0.149. The summed E-state index contributed by atoms with van der Waals surface area (Å²) in [5.74, 6) is -2.84. The molecule has 1 aliphatic heterocycles. The first-order valence-electron chi connectivity index (χ1n) is 13.1. The number of carbonyl (C=O) groups is 3. The van der Waals surface area contributed by atoms with Crippen LogP contribution in [0.2, 0.25) is 0 Å². The third-order valence-corrected chi connectivity index (χ3v) is 9.27. The van der Waals surface area contributed by atoms with Crippen LogP contribution in [0.4, 0.5) is 13.2 Å². The van der Waals surface area contributed by atoms with Crippen molar-refractivity contribution in [2.75, 3.05) is 13.7 Å². The number of fused-ring (bicyclic) bond motifs is 2. The summed E-state index contributed by atoms with van der Waals surface area (Å²) in [5.41, 5.74) is 0.138. The van der Waals surface area contributed by atoms with Crippen molar-refractivity contribution in [3.8, 4) is 11.5 Å². The van der Waals surface area contributed by atoms with Crippen LogP contribution < -0.4 is 10.1 Å². The van der Waals surface area contributed by atoms with Gasteiger partial charge >= 0.3 is 12.1 Å². The van der Waals surface area contributed by atoms with Crippen LogP contribution in [0, 0.1) is 16.7 Å². The Morgan fingerprint density at radius 2 is 1.92 bits per heavy atom. The number of halogens is 3. The third kappa shape index (κ3) is 5.32. The van der Waals surface area contributed by atoms with E-state index in [0.29, 0.717) is 24.3 Å². The van der Waals surface area contributed by atoms with E-state index in [1.165, 1.54) is 31.4 Å². The van der Waals surface area contributed by atoms with E-state index in [2.05, 4.69) is 20.8 Å². The molecule has 0 aromatic heterocycles. The highest BCUT2D eigenvalue weighted by Crippen LogP contribution is 2.66. The molecule has 1 aromatic carbocycles. The van der Waals surface area contributed by atoms with Gasteiger partial charge in [-0.1, -0.05) is 26.8 Å².